The monoisotopic (exact) mass is 278 g/mol. The normalized spacial score (nSPS) is 17.2. The van der Waals surface area contributed by atoms with Gasteiger partial charge in [0.25, 0.3) is 0 Å². The molecular weight excluding hydrogens is 252 g/mol. The molecule has 1 aromatic rings. The topological polar surface area (TPSA) is 33.7 Å². The number of nitrogens with zero attached hydrogens (tertiary/aromatic N) is 1. The van der Waals surface area contributed by atoms with Crippen molar-refractivity contribution in [1.29, 1.82) is 0 Å². The number of hydrogen-bond acceptors (Lipinski definition) is 4. The van der Waals surface area contributed by atoms with Crippen molar-refractivity contribution >= 4 is 5.69 Å². The lowest BCUT2D eigenvalue weighted by Gasteiger charge is -2.25. The van der Waals surface area contributed by atoms with Gasteiger partial charge in [0.1, 0.15) is 0 Å². The number of para-hydroxylation sites is 1. The Morgan fingerprint density at radius 2 is 1.95 bits per heavy atom. The number of anilines is 1. The van der Waals surface area contributed by atoms with Crippen LogP contribution in [0.15, 0.2) is 24.3 Å². The average Bonchev–Trinajstić information content (AvgIpc) is 2.88. The van der Waals surface area contributed by atoms with E-state index in [1.54, 1.807) is 14.2 Å². The van der Waals surface area contributed by atoms with E-state index in [0.717, 1.165) is 45.8 Å². The summed E-state index contributed by atoms with van der Waals surface area (Å²) < 4.78 is 10.4. The summed E-state index contributed by atoms with van der Waals surface area (Å²) in [5, 5.41) is 3.50. The third-order valence-corrected chi connectivity index (χ3v) is 3.85. The number of methoxy groups -OCH3 is 2. The van der Waals surface area contributed by atoms with E-state index in [9.17, 15) is 0 Å². The number of fused-ring (bicyclic) bond motifs is 1. The van der Waals surface area contributed by atoms with Gasteiger partial charge in [0.15, 0.2) is 0 Å². The van der Waals surface area contributed by atoms with E-state index in [0.29, 0.717) is 5.92 Å². The number of nitrogens with one attached hydrogen (secondary N) is 1. The Labute approximate surface area is 122 Å². The molecule has 0 saturated carbocycles. The Morgan fingerprint density at radius 3 is 2.75 bits per heavy atom. The molecule has 0 radical (unpaired) electrons. The fraction of sp³-hybridized carbons (Fsp3) is 0.625. The SMILES string of the molecule is COCCCN(CCOC)CC1CNc2ccccc21. The number of rotatable bonds is 9. The van der Waals surface area contributed by atoms with Crippen LogP contribution in [0.25, 0.3) is 0 Å². The fourth-order valence-electron chi connectivity index (χ4n) is 2.78. The van der Waals surface area contributed by atoms with Crippen LogP contribution in [0.1, 0.15) is 17.9 Å². The van der Waals surface area contributed by atoms with Crippen LogP contribution in [-0.2, 0) is 9.47 Å². The summed E-state index contributed by atoms with van der Waals surface area (Å²) in [6.07, 6.45) is 1.07. The molecule has 0 saturated heterocycles. The summed E-state index contributed by atoms with van der Waals surface area (Å²) in [6.45, 7) is 5.77. The maximum atomic E-state index is 5.22. The lowest BCUT2D eigenvalue weighted by Crippen LogP contribution is -2.33. The van der Waals surface area contributed by atoms with Gasteiger partial charge >= 0.3 is 0 Å². The van der Waals surface area contributed by atoms with Crippen molar-refractivity contribution in [3.05, 3.63) is 29.8 Å². The highest BCUT2D eigenvalue weighted by Gasteiger charge is 2.23. The van der Waals surface area contributed by atoms with Gasteiger partial charge in [-0.2, -0.15) is 0 Å². The van der Waals surface area contributed by atoms with Crippen molar-refractivity contribution in [2.24, 2.45) is 0 Å². The van der Waals surface area contributed by atoms with Crippen LogP contribution in [0.2, 0.25) is 0 Å². The van der Waals surface area contributed by atoms with Crippen LogP contribution in [0, 0.1) is 0 Å². The molecule has 0 spiro atoms. The highest BCUT2D eigenvalue weighted by molar-refractivity contribution is 5.57. The first-order chi connectivity index (χ1) is 9.85. The Balaban J connectivity index is 1.90. The summed E-state index contributed by atoms with van der Waals surface area (Å²) in [7, 11) is 3.52. The second kappa shape index (κ2) is 8.25. The third kappa shape index (κ3) is 4.20. The maximum absolute atomic E-state index is 5.22. The highest BCUT2D eigenvalue weighted by Crippen LogP contribution is 2.31. The Bertz CT molecular complexity index is 398. The van der Waals surface area contributed by atoms with E-state index in [1.807, 2.05) is 0 Å². The smallest absolute Gasteiger partial charge is 0.0589 e. The molecule has 4 heteroatoms. The van der Waals surface area contributed by atoms with Crippen LogP contribution in [0.3, 0.4) is 0 Å². The van der Waals surface area contributed by atoms with Crippen LogP contribution >= 0.6 is 0 Å². The minimum atomic E-state index is 0.575. The van der Waals surface area contributed by atoms with E-state index < -0.39 is 0 Å². The molecule has 0 aromatic heterocycles. The van der Waals surface area contributed by atoms with Gasteiger partial charge in [-0.1, -0.05) is 18.2 Å². The van der Waals surface area contributed by atoms with Gasteiger partial charge < -0.3 is 19.7 Å². The molecule has 1 aliphatic rings. The predicted molar refractivity (Wildman–Crippen MR) is 82.5 cm³/mol. The van der Waals surface area contributed by atoms with Crippen LogP contribution in [-0.4, -0.2) is 58.5 Å². The number of hydrogen-bond donors (Lipinski definition) is 1. The zero-order valence-corrected chi connectivity index (χ0v) is 12.6. The van der Waals surface area contributed by atoms with Gasteiger partial charge in [-0.05, 0) is 18.1 Å². The second-order valence-corrected chi connectivity index (χ2v) is 5.30. The van der Waals surface area contributed by atoms with Crippen LogP contribution < -0.4 is 5.32 Å². The van der Waals surface area contributed by atoms with E-state index >= 15 is 0 Å². The van der Waals surface area contributed by atoms with Crippen molar-refractivity contribution in [3.63, 3.8) is 0 Å². The largest absolute Gasteiger partial charge is 0.385 e. The van der Waals surface area contributed by atoms with Gasteiger partial charge in [0.05, 0.1) is 6.61 Å². The molecule has 2 rings (SSSR count). The fourth-order valence-corrected chi connectivity index (χ4v) is 2.78. The molecular formula is C16H26N2O2. The minimum Gasteiger partial charge on any atom is -0.385 e. The summed E-state index contributed by atoms with van der Waals surface area (Å²) in [5.74, 6) is 0.575. The molecule has 1 heterocycles. The maximum Gasteiger partial charge on any atom is 0.0589 e. The van der Waals surface area contributed by atoms with Crippen molar-refractivity contribution < 1.29 is 9.47 Å². The van der Waals surface area contributed by atoms with E-state index in [4.69, 9.17) is 9.47 Å². The molecule has 1 aromatic carbocycles. The minimum absolute atomic E-state index is 0.575. The molecule has 20 heavy (non-hydrogen) atoms. The third-order valence-electron chi connectivity index (χ3n) is 3.85. The molecule has 1 aliphatic heterocycles. The van der Waals surface area contributed by atoms with E-state index in [1.165, 1.54) is 11.3 Å². The molecule has 0 bridgehead atoms. The van der Waals surface area contributed by atoms with E-state index in [-0.39, 0.29) is 0 Å². The Kier molecular flexibility index (Phi) is 6.30. The first kappa shape index (κ1) is 15.3. The summed E-state index contributed by atoms with van der Waals surface area (Å²) in [4.78, 5) is 2.48. The molecule has 1 unspecified atom stereocenters. The molecule has 0 amide bonds. The zero-order chi connectivity index (χ0) is 14.2. The predicted octanol–water partition coefficient (Wildman–Crippen LogP) is 2.18. The first-order valence-electron chi connectivity index (χ1n) is 7.38. The van der Waals surface area contributed by atoms with Gasteiger partial charge in [-0.25, -0.2) is 0 Å². The van der Waals surface area contributed by atoms with Crippen LogP contribution in [0.5, 0.6) is 0 Å². The van der Waals surface area contributed by atoms with Crippen molar-refractivity contribution in [3.8, 4) is 0 Å². The number of ether oxygens (including phenoxy) is 2. The molecule has 0 aliphatic carbocycles. The quantitative estimate of drug-likeness (QED) is 0.702. The zero-order valence-electron chi connectivity index (χ0n) is 12.6. The average molecular weight is 278 g/mol. The standard InChI is InChI=1S/C16H26N2O2/c1-19-10-5-8-18(9-11-20-2)13-14-12-17-16-7-4-3-6-15(14)16/h3-4,6-7,14,17H,5,8-13H2,1-2H3. The van der Waals surface area contributed by atoms with Gasteiger partial charge in [0, 0.05) is 58.6 Å². The molecule has 0 fully saturated rings. The summed E-state index contributed by atoms with van der Waals surface area (Å²) >= 11 is 0. The summed E-state index contributed by atoms with van der Waals surface area (Å²) in [5.41, 5.74) is 2.74. The first-order valence-corrected chi connectivity index (χ1v) is 7.38. The molecule has 4 nitrogen and oxygen atoms in total. The van der Waals surface area contributed by atoms with E-state index in [2.05, 4.69) is 34.5 Å². The van der Waals surface area contributed by atoms with Crippen molar-refractivity contribution in [1.82, 2.24) is 4.90 Å². The van der Waals surface area contributed by atoms with Crippen LogP contribution in [0.4, 0.5) is 5.69 Å². The van der Waals surface area contributed by atoms with Crippen molar-refractivity contribution in [2.45, 2.75) is 12.3 Å². The van der Waals surface area contributed by atoms with Gasteiger partial charge in [-0.3, -0.25) is 0 Å². The van der Waals surface area contributed by atoms with Gasteiger partial charge in [0.2, 0.25) is 0 Å². The lowest BCUT2D eigenvalue weighted by molar-refractivity contribution is 0.130. The summed E-state index contributed by atoms with van der Waals surface area (Å²) in [6, 6.07) is 8.63. The molecule has 112 valence electrons. The van der Waals surface area contributed by atoms with Gasteiger partial charge in [-0.15, -0.1) is 0 Å². The number of benzene rings is 1. The molecule has 1 N–H and O–H groups in total. The van der Waals surface area contributed by atoms with Crippen molar-refractivity contribution in [2.75, 3.05) is 58.9 Å². The Hall–Kier alpha value is -1.10. The lowest BCUT2D eigenvalue weighted by atomic mass is 10.0. The second-order valence-electron chi connectivity index (χ2n) is 5.30. The highest BCUT2D eigenvalue weighted by atomic mass is 16.5. The Morgan fingerprint density at radius 1 is 1.15 bits per heavy atom. The molecule has 1 atom stereocenters.